The number of anilines is 1. The van der Waals surface area contributed by atoms with Gasteiger partial charge in [-0.3, -0.25) is 4.79 Å². The van der Waals surface area contributed by atoms with Gasteiger partial charge in [0.15, 0.2) is 0 Å². The van der Waals surface area contributed by atoms with Gasteiger partial charge in [-0.15, -0.1) is 0 Å². The molecule has 0 atom stereocenters. The molecular formula is C18H26N2O. The first-order valence-electron chi connectivity index (χ1n) is 8.35. The van der Waals surface area contributed by atoms with Crippen LogP contribution in [0.5, 0.6) is 0 Å². The van der Waals surface area contributed by atoms with Gasteiger partial charge in [-0.05, 0) is 43.7 Å². The van der Waals surface area contributed by atoms with Gasteiger partial charge in [0, 0.05) is 24.2 Å². The summed E-state index contributed by atoms with van der Waals surface area (Å²) in [5, 5.41) is 0. The Hall–Kier alpha value is -1.35. The first-order valence-corrected chi connectivity index (χ1v) is 8.35. The van der Waals surface area contributed by atoms with Crippen molar-refractivity contribution in [1.29, 1.82) is 0 Å². The highest BCUT2D eigenvalue weighted by Crippen LogP contribution is 2.32. The molecule has 1 aromatic carbocycles. The molecule has 1 fully saturated rings. The maximum absolute atomic E-state index is 12.8. The van der Waals surface area contributed by atoms with Crippen LogP contribution in [0.15, 0.2) is 24.3 Å². The lowest BCUT2D eigenvalue weighted by Crippen LogP contribution is -2.47. The van der Waals surface area contributed by atoms with Crippen LogP contribution in [-0.4, -0.2) is 18.0 Å². The Morgan fingerprint density at radius 3 is 2.67 bits per heavy atom. The van der Waals surface area contributed by atoms with Gasteiger partial charge in [0.2, 0.25) is 5.91 Å². The maximum Gasteiger partial charge on any atom is 0.228 e. The van der Waals surface area contributed by atoms with Gasteiger partial charge in [-0.1, -0.05) is 37.5 Å². The quantitative estimate of drug-likeness (QED) is 0.905. The third-order valence-electron chi connectivity index (χ3n) is 5.01. The molecule has 1 aliphatic heterocycles. The van der Waals surface area contributed by atoms with Crippen molar-refractivity contribution < 1.29 is 4.79 Å². The van der Waals surface area contributed by atoms with E-state index in [1.165, 1.54) is 24.8 Å². The zero-order valence-electron chi connectivity index (χ0n) is 12.8. The maximum atomic E-state index is 12.8. The Balaban J connectivity index is 1.77. The van der Waals surface area contributed by atoms with E-state index < -0.39 is 0 Å². The summed E-state index contributed by atoms with van der Waals surface area (Å²) in [7, 11) is 0. The number of para-hydroxylation sites is 1. The first kappa shape index (κ1) is 14.6. The molecule has 0 aromatic heterocycles. The lowest BCUT2D eigenvalue weighted by Gasteiger charge is -2.35. The molecule has 2 N–H and O–H groups in total. The van der Waals surface area contributed by atoms with Crippen LogP contribution >= 0.6 is 0 Å². The van der Waals surface area contributed by atoms with E-state index in [1.54, 1.807) is 0 Å². The Labute approximate surface area is 127 Å². The van der Waals surface area contributed by atoms with Crippen molar-refractivity contribution in [2.75, 3.05) is 11.4 Å². The number of hydrogen-bond acceptors (Lipinski definition) is 2. The molecule has 1 aromatic rings. The standard InChI is InChI=1S/C18H26N2O/c19-18(11-5-1-6-12-18)14-17(21)20-13-7-4-9-15-8-2-3-10-16(15)20/h2-3,8,10H,1,4-7,9,11-14,19H2. The van der Waals surface area contributed by atoms with Crippen LogP contribution in [0.4, 0.5) is 5.69 Å². The molecule has 0 saturated heterocycles. The van der Waals surface area contributed by atoms with Crippen LogP contribution in [0.25, 0.3) is 0 Å². The Kier molecular flexibility index (Phi) is 4.29. The monoisotopic (exact) mass is 286 g/mol. The van der Waals surface area contributed by atoms with Crippen molar-refractivity contribution in [3.8, 4) is 0 Å². The molecule has 0 unspecified atom stereocenters. The normalized spacial score (nSPS) is 21.5. The Bertz CT molecular complexity index is 506. The number of carbonyl (C=O) groups excluding carboxylic acids is 1. The molecule has 0 radical (unpaired) electrons. The van der Waals surface area contributed by atoms with E-state index in [9.17, 15) is 4.79 Å². The van der Waals surface area contributed by atoms with Gasteiger partial charge in [0.25, 0.3) is 0 Å². The van der Waals surface area contributed by atoms with Gasteiger partial charge in [0.05, 0.1) is 0 Å². The van der Waals surface area contributed by atoms with Gasteiger partial charge < -0.3 is 10.6 Å². The molecule has 3 nitrogen and oxygen atoms in total. The van der Waals surface area contributed by atoms with Gasteiger partial charge in [-0.25, -0.2) is 0 Å². The average Bonchev–Trinajstić information content (AvgIpc) is 2.70. The SMILES string of the molecule is NC1(CC(=O)N2CCCCc3ccccc32)CCCCC1. The van der Waals surface area contributed by atoms with E-state index in [0.717, 1.165) is 44.3 Å². The zero-order chi connectivity index (χ0) is 14.7. The molecule has 1 saturated carbocycles. The van der Waals surface area contributed by atoms with E-state index >= 15 is 0 Å². The fourth-order valence-electron chi connectivity index (χ4n) is 3.78. The molecule has 0 bridgehead atoms. The number of nitrogens with zero attached hydrogens (tertiary/aromatic N) is 1. The minimum absolute atomic E-state index is 0.216. The van der Waals surface area contributed by atoms with E-state index in [2.05, 4.69) is 18.2 Å². The van der Waals surface area contributed by atoms with Crippen molar-refractivity contribution in [2.45, 2.75) is 63.3 Å². The van der Waals surface area contributed by atoms with Crippen molar-refractivity contribution in [1.82, 2.24) is 0 Å². The summed E-state index contributed by atoms with van der Waals surface area (Å²) in [4.78, 5) is 14.8. The zero-order valence-corrected chi connectivity index (χ0v) is 12.8. The molecule has 1 aliphatic carbocycles. The molecule has 3 rings (SSSR count). The van der Waals surface area contributed by atoms with Crippen molar-refractivity contribution in [3.05, 3.63) is 29.8 Å². The van der Waals surface area contributed by atoms with Crippen molar-refractivity contribution >= 4 is 11.6 Å². The summed E-state index contributed by atoms with van der Waals surface area (Å²) < 4.78 is 0. The third kappa shape index (κ3) is 3.29. The lowest BCUT2D eigenvalue weighted by molar-refractivity contribution is -0.120. The predicted molar refractivity (Wildman–Crippen MR) is 86.4 cm³/mol. The number of carbonyl (C=O) groups is 1. The number of nitrogens with two attached hydrogens (primary N) is 1. The summed E-state index contributed by atoms with van der Waals surface area (Å²) in [5.41, 5.74) is 8.63. The fourth-order valence-corrected chi connectivity index (χ4v) is 3.78. The first-order chi connectivity index (χ1) is 10.2. The van der Waals surface area contributed by atoms with Gasteiger partial charge in [0.1, 0.15) is 0 Å². The molecule has 114 valence electrons. The number of hydrogen-bond donors (Lipinski definition) is 1. The van der Waals surface area contributed by atoms with Crippen LogP contribution in [0, 0.1) is 0 Å². The van der Waals surface area contributed by atoms with Crippen molar-refractivity contribution in [3.63, 3.8) is 0 Å². The van der Waals surface area contributed by atoms with E-state index in [-0.39, 0.29) is 11.4 Å². The predicted octanol–water partition coefficient (Wildman–Crippen LogP) is 3.41. The van der Waals surface area contributed by atoms with Gasteiger partial charge >= 0.3 is 0 Å². The molecule has 2 aliphatic rings. The number of aryl methyl sites for hydroxylation is 1. The van der Waals surface area contributed by atoms with E-state index in [0.29, 0.717) is 6.42 Å². The van der Waals surface area contributed by atoms with Crippen LogP contribution in [0.3, 0.4) is 0 Å². The Morgan fingerprint density at radius 2 is 1.86 bits per heavy atom. The summed E-state index contributed by atoms with van der Waals surface area (Å²) in [6.07, 6.45) is 9.41. The minimum Gasteiger partial charge on any atom is -0.325 e. The van der Waals surface area contributed by atoms with E-state index in [4.69, 9.17) is 5.73 Å². The summed E-state index contributed by atoms with van der Waals surface area (Å²) in [5.74, 6) is 0.216. The summed E-state index contributed by atoms with van der Waals surface area (Å²) >= 11 is 0. The lowest BCUT2D eigenvalue weighted by atomic mass is 9.80. The smallest absolute Gasteiger partial charge is 0.228 e. The third-order valence-corrected chi connectivity index (χ3v) is 5.01. The second-order valence-electron chi connectivity index (χ2n) is 6.73. The molecule has 3 heteroatoms. The Morgan fingerprint density at radius 1 is 1.10 bits per heavy atom. The van der Waals surface area contributed by atoms with Crippen LogP contribution in [0.2, 0.25) is 0 Å². The average molecular weight is 286 g/mol. The number of fused-ring (bicyclic) bond motifs is 1. The van der Waals surface area contributed by atoms with E-state index in [1.807, 2.05) is 11.0 Å². The highest BCUT2D eigenvalue weighted by molar-refractivity contribution is 5.95. The van der Waals surface area contributed by atoms with Crippen LogP contribution in [-0.2, 0) is 11.2 Å². The molecule has 21 heavy (non-hydrogen) atoms. The van der Waals surface area contributed by atoms with Crippen LogP contribution in [0.1, 0.15) is 56.9 Å². The number of benzene rings is 1. The highest BCUT2D eigenvalue weighted by Gasteiger charge is 2.32. The minimum atomic E-state index is -0.267. The highest BCUT2D eigenvalue weighted by atomic mass is 16.2. The van der Waals surface area contributed by atoms with Crippen molar-refractivity contribution in [2.24, 2.45) is 5.73 Å². The topological polar surface area (TPSA) is 46.3 Å². The molecule has 0 spiro atoms. The van der Waals surface area contributed by atoms with Crippen LogP contribution < -0.4 is 10.6 Å². The molecular weight excluding hydrogens is 260 g/mol. The number of rotatable bonds is 2. The van der Waals surface area contributed by atoms with Gasteiger partial charge in [-0.2, -0.15) is 0 Å². The fraction of sp³-hybridized carbons (Fsp3) is 0.611. The summed E-state index contributed by atoms with van der Waals surface area (Å²) in [6.45, 7) is 0.839. The largest absolute Gasteiger partial charge is 0.325 e. The second kappa shape index (κ2) is 6.18. The summed E-state index contributed by atoms with van der Waals surface area (Å²) in [6, 6.07) is 8.34. The second-order valence-corrected chi connectivity index (χ2v) is 6.73. The molecule has 1 heterocycles. The molecule has 1 amide bonds. The number of amides is 1.